The number of ketones is 1. The maximum absolute atomic E-state index is 11.9. The van der Waals surface area contributed by atoms with Gasteiger partial charge in [0.05, 0.1) is 11.4 Å². The average Bonchev–Trinajstić information content (AvgIpc) is 2.87. The van der Waals surface area contributed by atoms with Crippen LogP contribution in [0.5, 0.6) is 0 Å². The highest BCUT2D eigenvalue weighted by Crippen LogP contribution is 2.20. The standard InChI is InChI=1S/C12H17NOS/c1-2-10-5-3-7-13(10)9-11(14)12-6-4-8-15-12/h4,6,8,10H,2-3,5,7,9H2,1H3. The molecule has 0 bridgehead atoms. The number of nitrogens with zero attached hydrogens (tertiary/aromatic N) is 1. The van der Waals surface area contributed by atoms with Gasteiger partial charge in [0.1, 0.15) is 0 Å². The van der Waals surface area contributed by atoms with Crippen LogP contribution >= 0.6 is 11.3 Å². The molecule has 0 N–H and O–H groups in total. The van der Waals surface area contributed by atoms with Gasteiger partial charge in [-0.2, -0.15) is 0 Å². The quantitative estimate of drug-likeness (QED) is 0.732. The number of hydrogen-bond donors (Lipinski definition) is 0. The molecule has 0 aromatic carbocycles. The molecule has 0 radical (unpaired) electrons. The molecule has 1 aromatic rings. The second-order valence-electron chi connectivity index (χ2n) is 4.08. The minimum atomic E-state index is 0.283. The molecule has 0 amide bonds. The molecule has 1 aliphatic heterocycles. The fourth-order valence-corrected chi connectivity index (χ4v) is 2.92. The highest BCUT2D eigenvalue weighted by Gasteiger charge is 2.24. The lowest BCUT2D eigenvalue weighted by atomic mass is 10.1. The number of thiophene rings is 1. The van der Waals surface area contributed by atoms with Gasteiger partial charge >= 0.3 is 0 Å². The first-order chi connectivity index (χ1) is 7.31. The van der Waals surface area contributed by atoms with Crippen molar-refractivity contribution in [3.8, 4) is 0 Å². The summed E-state index contributed by atoms with van der Waals surface area (Å²) in [6.07, 6.45) is 3.67. The number of rotatable bonds is 4. The molecular formula is C12H17NOS. The van der Waals surface area contributed by atoms with Crippen LogP contribution in [0.15, 0.2) is 17.5 Å². The van der Waals surface area contributed by atoms with Gasteiger partial charge in [0, 0.05) is 6.04 Å². The van der Waals surface area contributed by atoms with Crippen molar-refractivity contribution < 1.29 is 4.79 Å². The summed E-state index contributed by atoms with van der Waals surface area (Å²) in [4.78, 5) is 15.1. The monoisotopic (exact) mass is 223 g/mol. The maximum Gasteiger partial charge on any atom is 0.186 e. The summed E-state index contributed by atoms with van der Waals surface area (Å²) in [6.45, 7) is 3.91. The van der Waals surface area contributed by atoms with E-state index in [9.17, 15) is 4.79 Å². The molecule has 0 saturated carbocycles. The van der Waals surface area contributed by atoms with Crippen molar-refractivity contribution in [1.29, 1.82) is 0 Å². The molecule has 2 rings (SSSR count). The minimum Gasteiger partial charge on any atom is -0.293 e. The van der Waals surface area contributed by atoms with Crippen LogP contribution in [0.3, 0.4) is 0 Å². The lowest BCUT2D eigenvalue weighted by Crippen LogP contribution is -2.33. The third kappa shape index (κ3) is 2.47. The van der Waals surface area contributed by atoms with Crippen LogP contribution in [-0.4, -0.2) is 29.8 Å². The van der Waals surface area contributed by atoms with E-state index < -0.39 is 0 Å². The summed E-state index contributed by atoms with van der Waals surface area (Å²) in [7, 11) is 0. The predicted molar refractivity (Wildman–Crippen MR) is 63.5 cm³/mol. The van der Waals surface area contributed by atoms with Gasteiger partial charge in [-0.05, 0) is 37.3 Å². The molecule has 0 aliphatic carbocycles. The van der Waals surface area contributed by atoms with Crippen molar-refractivity contribution in [3.05, 3.63) is 22.4 Å². The fraction of sp³-hybridized carbons (Fsp3) is 0.583. The van der Waals surface area contributed by atoms with E-state index in [-0.39, 0.29) is 5.78 Å². The van der Waals surface area contributed by atoms with Crippen LogP contribution < -0.4 is 0 Å². The van der Waals surface area contributed by atoms with Gasteiger partial charge in [-0.15, -0.1) is 11.3 Å². The maximum atomic E-state index is 11.9. The first kappa shape index (κ1) is 10.8. The normalized spacial score (nSPS) is 22.1. The molecule has 1 aliphatic rings. The lowest BCUT2D eigenvalue weighted by Gasteiger charge is -2.21. The first-order valence-corrected chi connectivity index (χ1v) is 6.50. The SMILES string of the molecule is CCC1CCCN1CC(=O)c1cccs1. The highest BCUT2D eigenvalue weighted by molar-refractivity contribution is 7.12. The second-order valence-corrected chi connectivity index (χ2v) is 5.02. The van der Waals surface area contributed by atoms with Crippen LogP contribution in [0, 0.1) is 0 Å². The van der Waals surface area contributed by atoms with Crippen molar-refractivity contribution in [2.45, 2.75) is 32.2 Å². The molecule has 1 fully saturated rings. The largest absolute Gasteiger partial charge is 0.293 e. The van der Waals surface area contributed by atoms with Crippen LogP contribution in [0.4, 0.5) is 0 Å². The van der Waals surface area contributed by atoms with E-state index in [0.29, 0.717) is 12.6 Å². The van der Waals surface area contributed by atoms with Crippen molar-refractivity contribution in [2.24, 2.45) is 0 Å². The topological polar surface area (TPSA) is 20.3 Å². The Morgan fingerprint density at radius 1 is 1.67 bits per heavy atom. The third-order valence-electron chi connectivity index (χ3n) is 3.11. The molecule has 82 valence electrons. The Balaban J connectivity index is 1.94. The zero-order chi connectivity index (χ0) is 10.7. The summed E-state index contributed by atoms with van der Waals surface area (Å²) in [5.41, 5.74) is 0. The first-order valence-electron chi connectivity index (χ1n) is 5.62. The smallest absolute Gasteiger partial charge is 0.186 e. The summed E-state index contributed by atoms with van der Waals surface area (Å²) >= 11 is 1.55. The summed E-state index contributed by atoms with van der Waals surface area (Å²) in [5.74, 6) is 0.283. The van der Waals surface area contributed by atoms with Gasteiger partial charge in [0.25, 0.3) is 0 Å². The zero-order valence-electron chi connectivity index (χ0n) is 9.11. The lowest BCUT2D eigenvalue weighted by molar-refractivity contribution is 0.0924. The van der Waals surface area contributed by atoms with E-state index in [1.54, 1.807) is 11.3 Å². The predicted octanol–water partition coefficient (Wildman–Crippen LogP) is 2.81. The summed E-state index contributed by atoms with van der Waals surface area (Å²) < 4.78 is 0. The van der Waals surface area contributed by atoms with Gasteiger partial charge in [0.15, 0.2) is 5.78 Å². The molecule has 2 nitrogen and oxygen atoms in total. The molecule has 1 unspecified atom stereocenters. The van der Waals surface area contributed by atoms with E-state index in [1.807, 2.05) is 17.5 Å². The molecule has 3 heteroatoms. The van der Waals surface area contributed by atoms with E-state index >= 15 is 0 Å². The molecular weight excluding hydrogens is 206 g/mol. The number of Topliss-reactive ketones (excluding diaryl/α,β-unsaturated/α-hetero) is 1. The fourth-order valence-electron chi connectivity index (χ4n) is 2.27. The van der Waals surface area contributed by atoms with Gasteiger partial charge < -0.3 is 0 Å². The molecule has 0 spiro atoms. The van der Waals surface area contributed by atoms with Gasteiger partial charge in [0.2, 0.25) is 0 Å². The Bertz CT molecular complexity index is 320. The van der Waals surface area contributed by atoms with E-state index in [0.717, 1.165) is 17.8 Å². The Morgan fingerprint density at radius 3 is 3.20 bits per heavy atom. The number of likely N-dealkylation sites (tertiary alicyclic amines) is 1. The van der Waals surface area contributed by atoms with Crippen LogP contribution in [-0.2, 0) is 0 Å². The number of carbonyl (C=O) groups excluding carboxylic acids is 1. The van der Waals surface area contributed by atoms with Crippen LogP contribution in [0.1, 0.15) is 35.9 Å². The van der Waals surface area contributed by atoms with Gasteiger partial charge in [-0.1, -0.05) is 13.0 Å². The Labute approximate surface area is 94.9 Å². The molecule has 1 aromatic heterocycles. The Kier molecular flexibility index (Phi) is 3.54. The number of hydrogen-bond acceptors (Lipinski definition) is 3. The second kappa shape index (κ2) is 4.90. The van der Waals surface area contributed by atoms with Crippen molar-refractivity contribution in [3.63, 3.8) is 0 Å². The van der Waals surface area contributed by atoms with Gasteiger partial charge in [-0.25, -0.2) is 0 Å². The van der Waals surface area contributed by atoms with Crippen LogP contribution in [0.25, 0.3) is 0 Å². The number of carbonyl (C=O) groups is 1. The van der Waals surface area contributed by atoms with E-state index in [2.05, 4.69) is 11.8 Å². The molecule has 2 heterocycles. The van der Waals surface area contributed by atoms with Gasteiger partial charge in [-0.3, -0.25) is 9.69 Å². The Hall–Kier alpha value is -0.670. The molecule has 15 heavy (non-hydrogen) atoms. The van der Waals surface area contributed by atoms with Crippen LogP contribution in [0.2, 0.25) is 0 Å². The highest BCUT2D eigenvalue weighted by atomic mass is 32.1. The minimum absolute atomic E-state index is 0.283. The van der Waals surface area contributed by atoms with E-state index in [1.165, 1.54) is 12.8 Å². The summed E-state index contributed by atoms with van der Waals surface area (Å²) in [6, 6.07) is 4.50. The zero-order valence-corrected chi connectivity index (χ0v) is 9.93. The summed E-state index contributed by atoms with van der Waals surface area (Å²) in [5, 5.41) is 1.97. The van der Waals surface area contributed by atoms with E-state index in [4.69, 9.17) is 0 Å². The average molecular weight is 223 g/mol. The van der Waals surface area contributed by atoms with Crippen molar-refractivity contribution in [1.82, 2.24) is 4.90 Å². The van der Waals surface area contributed by atoms with Crippen molar-refractivity contribution >= 4 is 17.1 Å². The van der Waals surface area contributed by atoms with Crippen molar-refractivity contribution in [2.75, 3.05) is 13.1 Å². The molecule has 1 saturated heterocycles. The third-order valence-corrected chi connectivity index (χ3v) is 4.02. The molecule has 1 atom stereocenters. The Morgan fingerprint density at radius 2 is 2.53 bits per heavy atom.